The summed E-state index contributed by atoms with van der Waals surface area (Å²) < 4.78 is 31.1. The average Bonchev–Trinajstić information content (AvgIpc) is 2.36. The molecule has 1 unspecified atom stereocenters. The minimum atomic E-state index is -2.87. The predicted molar refractivity (Wildman–Crippen MR) is 69.7 cm³/mol. The van der Waals surface area contributed by atoms with Crippen molar-refractivity contribution in [3.05, 3.63) is 34.9 Å². The Morgan fingerprint density at radius 1 is 1.37 bits per heavy atom. The fraction of sp³-hybridized carbons (Fsp3) is 0.385. The van der Waals surface area contributed by atoms with Gasteiger partial charge in [0.2, 0.25) is 0 Å². The zero-order valence-corrected chi connectivity index (χ0v) is 12.0. The van der Waals surface area contributed by atoms with Crippen LogP contribution in [-0.4, -0.2) is 18.4 Å². The highest BCUT2D eigenvalue weighted by Gasteiger charge is 2.27. The van der Waals surface area contributed by atoms with Crippen LogP contribution in [0.25, 0.3) is 0 Å². The zero-order chi connectivity index (χ0) is 14.6. The van der Waals surface area contributed by atoms with Crippen LogP contribution in [0.2, 0.25) is 0 Å². The number of esters is 1. The summed E-state index contributed by atoms with van der Waals surface area (Å²) in [5.41, 5.74) is -0.578. The molecule has 1 aromatic rings. The molecule has 6 heteroatoms. The van der Waals surface area contributed by atoms with Gasteiger partial charge in [0.25, 0.3) is 6.43 Å². The van der Waals surface area contributed by atoms with Crippen molar-refractivity contribution < 1.29 is 23.1 Å². The number of ketones is 1. The summed E-state index contributed by atoms with van der Waals surface area (Å²) in [6, 6.07) is 4.11. The summed E-state index contributed by atoms with van der Waals surface area (Å²) in [4.78, 5) is 22.1. The number of rotatable bonds is 5. The number of alkyl halides is 3. The number of carbonyl (C=O) groups excluding carboxylic acids is 2. The van der Waals surface area contributed by atoms with Crippen LogP contribution in [0.15, 0.2) is 18.2 Å². The third-order valence-corrected chi connectivity index (χ3v) is 3.62. The van der Waals surface area contributed by atoms with E-state index in [9.17, 15) is 18.4 Å². The first-order valence-corrected chi connectivity index (χ1v) is 6.54. The number of benzene rings is 1. The number of carbonyl (C=O) groups is 2. The normalized spacial score (nSPS) is 12.3. The minimum Gasteiger partial charge on any atom is -0.462 e. The van der Waals surface area contributed by atoms with Gasteiger partial charge in [-0.1, -0.05) is 28.1 Å². The van der Waals surface area contributed by atoms with Gasteiger partial charge in [-0.3, -0.25) is 4.79 Å². The van der Waals surface area contributed by atoms with Crippen molar-refractivity contribution in [1.82, 2.24) is 0 Å². The lowest BCUT2D eigenvalue weighted by molar-refractivity contribution is -0.116. The molecule has 0 radical (unpaired) electrons. The van der Waals surface area contributed by atoms with E-state index in [1.54, 1.807) is 6.92 Å². The average molecular weight is 335 g/mol. The van der Waals surface area contributed by atoms with E-state index in [0.29, 0.717) is 0 Å². The first-order valence-electron chi connectivity index (χ1n) is 5.62. The summed E-state index contributed by atoms with van der Waals surface area (Å²) in [6.45, 7) is 2.97. The molecular weight excluding hydrogens is 322 g/mol. The quantitative estimate of drug-likeness (QED) is 0.607. The maximum absolute atomic E-state index is 13.2. The van der Waals surface area contributed by atoms with Crippen molar-refractivity contribution in [1.29, 1.82) is 0 Å². The van der Waals surface area contributed by atoms with E-state index >= 15 is 0 Å². The van der Waals surface area contributed by atoms with Crippen LogP contribution in [0.3, 0.4) is 0 Å². The molecule has 0 bridgehead atoms. The van der Waals surface area contributed by atoms with Gasteiger partial charge >= 0.3 is 5.97 Å². The zero-order valence-electron chi connectivity index (χ0n) is 10.5. The molecule has 0 aliphatic carbocycles. The number of halogens is 3. The van der Waals surface area contributed by atoms with Gasteiger partial charge in [0.1, 0.15) is 5.78 Å². The Hall–Kier alpha value is -1.30. The van der Waals surface area contributed by atoms with Gasteiger partial charge in [-0.05, 0) is 25.5 Å². The molecule has 0 aromatic heterocycles. The van der Waals surface area contributed by atoms with Crippen LogP contribution < -0.4 is 0 Å². The van der Waals surface area contributed by atoms with Crippen molar-refractivity contribution in [3.8, 4) is 0 Å². The van der Waals surface area contributed by atoms with Crippen LogP contribution in [0.1, 0.15) is 46.6 Å². The fourth-order valence-corrected chi connectivity index (χ4v) is 2.05. The molecule has 0 fully saturated rings. The summed E-state index contributed by atoms with van der Waals surface area (Å²) in [5, 5.41) is 0. The fourth-order valence-electron chi connectivity index (χ4n) is 1.65. The molecule has 0 heterocycles. The highest BCUT2D eigenvalue weighted by Crippen LogP contribution is 2.35. The third kappa shape index (κ3) is 3.59. The van der Waals surface area contributed by atoms with Crippen LogP contribution in [0, 0.1) is 0 Å². The molecular formula is C13H13BrF2O3. The Morgan fingerprint density at radius 3 is 2.47 bits per heavy atom. The molecule has 0 amide bonds. The van der Waals surface area contributed by atoms with Gasteiger partial charge < -0.3 is 4.74 Å². The lowest BCUT2D eigenvalue weighted by Gasteiger charge is -2.15. The standard InChI is InChI=1S/C13H13BrF2O3/c1-3-19-13(18)9-6-4-5-8(10(9)12(15)16)11(14)7(2)17/h4-6,11-12H,3H2,1-2H3. The number of hydrogen-bond donors (Lipinski definition) is 0. The third-order valence-electron chi connectivity index (χ3n) is 2.48. The van der Waals surface area contributed by atoms with Gasteiger partial charge in [0.05, 0.1) is 17.0 Å². The molecule has 19 heavy (non-hydrogen) atoms. The topological polar surface area (TPSA) is 43.4 Å². The van der Waals surface area contributed by atoms with Crippen molar-refractivity contribution in [2.24, 2.45) is 0 Å². The highest BCUT2D eigenvalue weighted by molar-refractivity contribution is 9.09. The van der Waals surface area contributed by atoms with E-state index in [2.05, 4.69) is 15.9 Å². The van der Waals surface area contributed by atoms with Gasteiger partial charge in [-0.15, -0.1) is 0 Å². The Labute approximate surface area is 118 Å². The Morgan fingerprint density at radius 2 is 2.00 bits per heavy atom. The van der Waals surface area contributed by atoms with Gasteiger partial charge in [-0.25, -0.2) is 13.6 Å². The summed E-state index contributed by atoms with van der Waals surface area (Å²) >= 11 is 3.06. The molecule has 0 spiro atoms. The maximum atomic E-state index is 13.2. The number of hydrogen-bond acceptors (Lipinski definition) is 3. The largest absolute Gasteiger partial charge is 0.462 e. The van der Waals surface area contributed by atoms with E-state index in [1.807, 2.05) is 0 Å². The number of Topliss-reactive ketones (excluding diaryl/α,β-unsaturated/α-hetero) is 1. The summed E-state index contributed by atoms with van der Waals surface area (Å²) in [7, 11) is 0. The maximum Gasteiger partial charge on any atom is 0.338 e. The molecule has 0 aliphatic heterocycles. The van der Waals surface area contributed by atoms with Gasteiger partial charge in [-0.2, -0.15) is 0 Å². The first-order chi connectivity index (χ1) is 8.90. The van der Waals surface area contributed by atoms with E-state index in [0.717, 1.165) is 0 Å². The first kappa shape index (κ1) is 15.8. The molecule has 0 N–H and O–H groups in total. The second kappa shape index (κ2) is 6.75. The van der Waals surface area contributed by atoms with Crippen molar-refractivity contribution in [3.63, 3.8) is 0 Å². The van der Waals surface area contributed by atoms with E-state index in [4.69, 9.17) is 4.74 Å². The lowest BCUT2D eigenvalue weighted by atomic mass is 9.97. The van der Waals surface area contributed by atoms with Crippen molar-refractivity contribution >= 4 is 27.7 Å². The van der Waals surface area contributed by atoms with Crippen LogP contribution in [-0.2, 0) is 9.53 Å². The molecule has 0 saturated carbocycles. The highest BCUT2D eigenvalue weighted by atomic mass is 79.9. The van der Waals surface area contributed by atoms with Crippen molar-refractivity contribution in [2.75, 3.05) is 6.61 Å². The minimum absolute atomic E-state index is 0.0908. The second-order valence-corrected chi connectivity index (χ2v) is 4.72. The lowest BCUT2D eigenvalue weighted by Crippen LogP contribution is -2.13. The molecule has 104 valence electrons. The van der Waals surface area contributed by atoms with E-state index in [-0.39, 0.29) is 23.5 Å². The summed E-state index contributed by atoms with van der Waals surface area (Å²) in [5.74, 6) is -1.13. The Kier molecular flexibility index (Phi) is 5.60. The molecule has 1 rings (SSSR count). The molecule has 1 atom stereocenters. The predicted octanol–water partition coefficient (Wildman–Crippen LogP) is 3.83. The van der Waals surface area contributed by atoms with Crippen LogP contribution in [0.4, 0.5) is 8.78 Å². The van der Waals surface area contributed by atoms with Gasteiger partial charge in [0.15, 0.2) is 0 Å². The SMILES string of the molecule is CCOC(=O)c1cccc(C(Br)C(C)=O)c1C(F)F. The monoisotopic (exact) mass is 334 g/mol. The molecule has 1 aromatic carbocycles. The smallest absolute Gasteiger partial charge is 0.338 e. The van der Waals surface area contributed by atoms with Crippen LogP contribution >= 0.6 is 15.9 Å². The molecule has 0 aliphatic rings. The Balaban J connectivity index is 3.37. The molecule has 3 nitrogen and oxygen atoms in total. The number of ether oxygens (including phenoxy) is 1. The Bertz CT molecular complexity index is 489. The second-order valence-electron chi connectivity index (χ2n) is 3.80. The van der Waals surface area contributed by atoms with Gasteiger partial charge in [0, 0.05) is 5.56 Å². The van der Waals surface area contributed by atoms with E-state index in [1.165, 1.54) is 25.1 Å². The molecule has 0 saturated heterocycles. The summed E-state index contributed by atoms with van der Waals surface area (Å²) in [6.07, 6.45) is -2.87. The van der Waals surface area contributed by atoms with Crippen molar-refractivity contribution in [2.45, 2.75) is 25.1 Å². The van der Waals surface area contributed by atoms with E-state index < -0.39 is 22.8 Å². The van der Waals surface area contributed by atoms with Crippen LogP contribution in [0.5, 0.6) is 0 Å².